The summed E-state index contributed by atoms with van der Waals surface area (Å²) in [6.45, 7) is 1.71. The van der Waals surface area contributed by atoms with Gasteiger partial charge in [0.15, 0.2) is 23.0 Å². The summed E-state index contributed by atoms with van der Waals surface area (Å²) in [5, 5.41) is 11.2. The van der Waals surface area contributed by atoms with Crippen molar-refractivity contribution in [3.05, 3.63) is 103 Å². The Labute approximate surface area is 239 Å². The Balaban J connectivity index is 1.11. The zero-order valence-corrected chi connectivity index (χ0v) is 22.3. The molecule has 5 aromatic heterocycles. The van der Waals surface area contributed by atoms with Crippen LogP contribution < -0.4 is 14.8 Å². The van der Waals surface area contributed by atoms with Gasteiger partial charge in [-0.05, 0) is 53.6 Å². The Bertz CT molecular complexity index is 2070. The Morgan fingerprint density at radius 2 is 1.62 bits per heavy atom. The van der Waals surface area contributed by atoms with E-state index in [4.69, 9.17) is 19.4 Å². The van der Waals surface area contributed by atoms with Gasteiger partial charge < -0.3 is 19.8 Å². The molecular formula is C32H24N8O2. The van der Waals surface area contributed by atoms with Crippen molar-refractivity contribution in [2.45, 2.75) is 13.1 Å². The second kappa shape index (κ2) is 10.1. The molecule has 0 radical (unpaired) electrons. The molecule has 0 fully saturated rings. The molecule has 10 heteroatoms. The fourth-order valence-electron chi connectivity index (χ4n) is 5.20. The summed E-state index contributed by atoms with van der Waals surface area (Å²) in [4.78, 5) is 22.4. The van der Waals surface area contributed by atoms with E-state index in [1.54, 1.807) is 6.20 Å². The number of hydrogen-bond donors (Lipinski definition) is 3. The highest BCUT2D eigenvalue weighted by Crippen LogP contribution is 2.37. The fraction of sp³-hybridized carbons (Fsp3) is 0.0938. The number of benzene rings is 2. The predicted octanol–water partition coefficient (Wildman–Crippen LogP) is 5.64. The van der Waals surface area contributed by atoms with E-state index in [1.165, 1.54) is 5.56 Å². The third kappa shape index (κ3) is 4.40. The summed E-state index contributed by atoms with van der Waals surface area (Å²) >= 11 is 0. The molecule has 2 aromatic carbocycles. The SMILES string of the molecule is c1ccc(CNCc2cncc(-c3ccc4[nH]nc(-c5nc6c(-c7ccc8c(c7)OCO8)nccc6[nH]5)c4n3)c2)cc1. The summed E-state index contributed by atoms with van der Waals surface area (Å²) in [5.41, 5.74) is 9.44. The molecule has 0 spiro atoms. The molecule has 0 bridgehead atoms. The monoisotopic (exact) mass is 552 g/mol. The lowest BCUT2D eigenvalue weighted by Crippen LogP contribution is -2.12. The number of imidazole rings is 1. The number of aromatic amines is 2. The van der Waals surface area contributed by atoms with Gasteiger partial charge in [0.05, 0.1) is 22.4 Å². The lowest BCUT2D eigenvalue weighted by molar-refractivity contribution is 0.174. The minimum Gasteiger partial charge on any atom is -0.454 e. The number of aromatic nitrogens is 7. The molecule has 1 aliphatic rings. The molecule has 0 unspecified atom stereocenters. The first-order valence-electron chi connectivity index (χ1n) is 13.6. The van der Waals surface area contributed by atoms with E-state index in [2.05, 4.69) is 48.7 Å². The minimum atomic E-state index is 0.218. The Hall–Kier alpha value is -5.61. The predicted molar refractivity (Wildman–Crippen MR) is 159 cm³/mol. The van der Waals surface area contributed by atoms with Gasteiger partial charge >= 0.3 is 0 Å². The molecule has 0 saturated carbocycles. The lowest BCUT2D eigenvalue weighted by Gasteiger charge is -2.07. The van der Waals surface area contributed by atoms with Crippen molar-refractivity contribution in [1.29, 1.82) is 0 Å². The third-order valence-corrected chi connectivity index (χ3v) is 7.27. The number of pyridine rings is 3. The summed E-state index contributed by atoms with van der Waals surface area (Å²) < 4.78 is 11.0. The molecule has 0 atom stereocenters. The van der Waals surface area contributed by atoms with Crippen molar-refractivity contribution in [2.24, 2.45) is 0 Å². The first-order valence-corrected chi connectivity index (χ1v) is 13.6. The molecule has 0 amide bonds. The number of rotatable bonds is 7. The van der Waals surface area contributed by atoms with Crippen molar-refractivity contribution in [3.63, 3.8) is 0 Å². The number of nitrogens with one attached hydrogen (secondary N) is 3. The maximum absolute atomic E-state index is 5.57. The molecule has 7 aromatic rings. The Morgan fingerprint density at radius 1 is 0.738 bits per heavy atom. The topological polar surface area (TPSA) is 127 Å². The summed E-state index contributed by atoms with van der Waals surface area (Å²) in [7, 11) is 0. The average molecular weight is 553 g/mol. The summed E-state index contributed by atoms with van der Waals surface area (Å²) in [6.07, 6.45) is 5.47. The van der Waals surface area contributed by atoms with Crippen LogP contribution in [0.2, 0.25) is 0 Å². The number of H-pyrrole nitrogens is 2. The van der Waals surface area contributed by atoms with E-state index in [9.17, 15) is 0 Å². The van der Waals surface area contributed by atoms with Crippen LogP contribution in [0, 0.1) is 0 Å². The number of fused-ring (bicyclic) bond motifs is 3. The van der Waals surface area contributed by atoms with Crippen molar-refractivity contribution < 1.29 is 9.47 Å². The van der Waals surface area contributed by atoms with Gasteiger partial charge in [-0.3, -0.25) is 15.1 Å². The second-order valence-electron chi connectivity index (χ2n) is 10.0. The summed E-state index contributed by atoms with van der Waals surface area (Å²) in [6, 6.07) is 24.1. The van der Waals surface area contributed by atoms with Crippen LogP contribution in [0.15, 0.2) is 91.4 Å². The Kier molecular flexibility index (Phi) is 5.82. The maximum Gasteiger partial charge on any atom is 0.231 e. The molecular weight excluding hydrogens is 528 g/mol. The van der Waals surface area contributed by atoms with Crippen LogP contribution in [0.5, 0.6) is 11.5 Å². The normalized spacial score (nSPS) is 12.4. The molecule has 1 aliphatic heterocycles. The molecule has 3 N–H and O–H groups in total. The van der Waals surface area contributed by atoms with E-state index in [0.717, 1.165) is 62.4 Å². The highest BCUT2D eigenvalue weighted by molar-refractivity contribution is 5.95. The van der Waals surface area contributed by atoms with E-state index in [-0.39, 0.29) is 6.79 Å². The maximum atomic E-state index is 5.57. The quantitative estimate of drug-likeness (QED) is 0.232. The van der Waals surface area contributed by atoms with Crippen LogP contribution in [-0.4, -0.2) is 41.9 Å². The average Bonchev–Trinajstić information content (AvgIpc) is 3.79. The largest absolute Gasteiger partial charge is 0.454 e. The van der Waals surface area contributed by atoms with Gasteiger partial charge in [0.25, 0.3) is 0 Å². The van der Waals surface area contributed by atoms with Gasteiger partial charge in [-0.1, -0.05) is 30.3 Å². The third-order valence-electron chi connectivity index (χ3n) is 7.27. The zero-order valence-electron chi connectivity index (χ0n) is 22.3. The molecule has 0 aliphatic carbocycles. The molecule has 10 nitrogen and oxygen atoms in total. The molecule has 0 saturated heterocycles. The van der Waals surface area contributed by atoms with Gasteiger partial charge in [-0.15, -0.1) is 0 Å². The molecule has 42 heavy (non-hydrogen) atoms. The number of nitrogens with zero attached hydrogens (tertiary/aromatic N) is 5. The van der Waals surface area contributed by atoms with Crippen LogP contribution >= 0.6 is 0 Å². The summed E-state index contributed by atoms with van der Waals surface area (Å²) in [5.74, 6) is 2.03. The first-order chi connectivity index (χ1) is 20.8. The van der Waals surface area contributed by atoms with E-state index >= 15 is 0 Å². The number of hydrogen-bond acceptors (Lipinski definition) is 8. The second-order valence-corrected chi connectivity index (χ2v) is 10.0. The van der Waals surface area contributed by atoms with Crippen molar-refractivity contribution in [3.8, 4) is 45.5 Å². The zero-order chi connectivity index (χ0) is 27.9. The van der Waals surface area contributed by atoms with Crippen LogP contribution in [0.1, 0.15) is 11.1 Å². The van der Waals surface area contributed by atoms with E-state index in [0.29, 0.717) is 23.8 Å². The first kappa shape index (κ1) is 24.2. The van der Waals surface area contributed by atoms with Crippen LogP contribution in [0.25, 0.3) is 56.1 Å². The van der Waals surface area contributed by atoms with Crippen LogP contribution in [0.4, 0.5) is 0 Å². The van der Waals surface area contributed by atoms with Crippen molar-refractivity contribution in [2.75, 3.05) is 6.79 Å². The van der Waals surface area contributed by atoms with Crippen LogP contribution in [-0.2, 0) is 13.1 Å². The van der Waals surface area contributed by atoms with Crippen molar-refractivity contribution in [1.82, 2.24) is 40.4 Å². The standard InChI is InChI=1S/C32H24N8O2/c1-2-4-19(5-3-1)14-33-15-20-12-22(17-34-16-20)23-7-8-25-30(36-23)31(40-39-25)32-37-24-10-11-35-28(29(24)38-32)21-6-9-26-27(13-21)42-18-41-26/h1-13,16-17,33H,14-15,18H2,(H,37,38)(H,39,40). The van der Waals surface area contributed by atoms with Gasteiger partial charge in [0.2, 0.25) is 6.79 Å². The Morgan fingerprint density at radius 3 is 2.57 bits per heavy atom. The van der Waals surface area contributed by atoms with Crippen LogP contribution in [0.3, 0.4) is 0 Å². The molecule has 6 heterocycles. The highest BCUT2D eigenvalue weighted by atomic mass is 16.7. The van der Waals surface area contributed by atoms with E-state index < -0.39 is 0 Å². The smallest absolute Gasteiger partial charge is 0.231 e. The van der Waals surface area contributed by atoms with Crippen molar-refractivity contribution >= 4 is 22.1 Å². The number of ether oxygens (including phenoxy) is 2. The minimum absolute atomic E-state index is 0.218. The van der Waals surface area contributed by atoms with Gasteiger partial charge in [-0.25, -0.2) is 9.97 Å². The highest BCUT2D eigenvalue weighted by Gasteiger charge is 2.19. The molecule has 204 valence electrons. The van der Waals surface area contributed by atoms with E-state index in [1.807, 2.05) is 67.0 Å². The van der Waals surface area contributed by atoms with Gasteiger partial charge in [-0.2, -0.15) is 5.10 Å². The van der Waals surface area contributed by atoms with Gasteiger partial charge in [0, 0.05) is 42.8 Å². The molecule has 8 rings (SSSR count). The fourth-order valence-corrected chi connectivity index (χ4v) is 5.20. The van der Waals surface area contributed by atoms with Gasteiger partial charge in [0.1, 0.15) is 11.0 Å². The lowest BCUT2D eigenvalue weighted by atomic mass is 10.1.